The first-order chi connectivity index (χ1) is 9.63. The summed E-state index contributed by atoms with van der Waals surface area (Å²) in [6, 6.07) is 5.31. The van der Waals surface area contributed by atoms with E-state index in [1.54, 1.807) is 23.0 Å². The van der Waals surface area contributed by atoms with Crippen LogP contribution in [0.3, 0.4) is 0 Å². The summed E-state index contributed by atoms with van der Waals surface area (Å²) < 4.78 is 1.67. The lowest BCUT2D eigenvalue weighted by molar-refractivity contribution is 0.683. The molecule has 8 heteroatoms. The maximum absolute atomic E-state index is 11.3. The van der Waals surface area contributed by atoms with Crippen LogP contribution in [0.5, 0.6) is 0 Å². The molecule has 0 aliphatic rings. The van der Waals surface area contributed by atoms with E-state index in [2.05, 4.69) is 25.6 Å². The fourth-order valence-electron chi connectivity index (χ4n) is 1.89. The second-order valence-electron chi connectivity index (χ2n) is 4.37. The number of nitrogens with one attached hydrogen (secondary N) is 3. The van der Waals surface area contributed by atoms with Crippen LogP contribution in [0.1, 0.15) is 5.69 Å². The predicted octanol–water partition coefficient (Wildman–Crippen LogP) is -0.0430. The van der Waals surface area contributed by atoms with Crippen molar-refractivity contribution < 1.29 is 0 Å². The number of fused-ring (bicyclic) bond motifs is 1. The van der Waals surface area contributed by atoms with Gasteiger partial charge in [0, 0.05) is 12.7 Å². The van der Waals surface area contributed by atoms with Crippen molar-refractivity contribution in [1.82, 2.24) is 25.0 Å². The molecular formula is C12H12N6O2. The molecule has 3 rings (SSSR count). The summed E-state index contributed by atoms with van der Waals surface area (Å²) in [6.45, 7) is 0.558. The Labute approximate surface area is 112 Å². The van der Waals surface area contributed by atoms with Crippen LogP contribution in [0, 0.1) is 0 Å². The molecular weight excluding hydrogens is 260 g/mol. The summed E-state index contributed by atoms with van der Waals surface area (Å²) >= 11 is 0. The van der Waals surface area contributed by atoms with E-state index in [4.69, 9.17) is 0 Å². The third kappa shape index (κ3) is 2.18. The second-order valence-corrected chi connectivity index (χ2v) is 4.37. The number of nitrogens with zero attached hydrogens (tertiary/aromatic N) is 3. The normalized spacial score (nSPS) is 10.8. The van der Waals surface area contributed by atoms with Gasteiger partial charge in [-0.25, -0.2) is 0 Å². The topological polar surface area (TPSA) is 108 Å². The maximum atomic E-state index is 11.3. The summed E-state index contributed by atoms with van der Waals surface area (Å²) in [5.41, 5.74) is 1.59. The van der Waals surface area contributed by atoms with Gasteiger partial charge in [-0.05, 0) is 18.2 Å². The molecule has 2 heterocycles. The van der Waals surface area contributed by atoms with Crippen molar-refractivity contribution in [2.24, 2.45) is 7.05 Å². The molecule has 3 aromatic rings. The number of anilines is 1. The summed E-state index contributed by atoms with van der Waals surface area (Å²) in [5.74, 6) is 0. The Morgan fingerprint density at radius 3 is 2.65 bits per heavy atom. The SMILES string of the molecule is Cn1nncc1CNc1ccc2[nH]c(=O)c(=O)[nH]c2c1. The fourth-order valence-corrected chi connectivity index (χ4v) is 1.89. The number of aromatic amines is 2. The first-order valence-corrected chi connectivity index (χ1v) is 5.97. The molecule has 102 valence electrons. The third-order valence-corrected chi connectivity index (χ3v) is 3.00. The van der Waals surface area contributed by atoms with E-state index in [1.165, 1.54) is 0 Å². The van der Waals surface area contributed by atoms with E-state index < -0.39 is 11.1 Å². The number of hydrogen-bond donors (Lipinski definition) is 3. The number of hydrogen-bond acceptors (Lipinski definition) is 5. The van der Waals surface area contributed by atoms with Crippen LogP contribution in [0.4, 0.5) is 5.69 Å². The van der Waals surface area contributed by atoms with Gasteiger partial charge in [-0.1, -0.05) is 5.21 Å². The molecule has 0 fully saturated rings. The lowest BCUT2D eigenvalue weighted by Crippen LogP contribution is -2.28. The molecule has 0 saturated carbocycles. The Bertz CT molecular complexity index is 875. The van der Waals surface area contributed by atoms with E-state index >= 15 is 0 Å². The van der Waals surface area contributed by atoms with Crippen LogP contribution in [-0.4, -0.2) is 25.0 Å². The highest BCUT2D eigenvalue weighted by atomic mass is 16.2. The van der Waals surface area contributed by atoms with Crippen molar-refractivity contribution in [3.63, 3.8) is 0 Å². The van der Waals surface area contributed by atoms with E-state index in [-0.39, 0.29) is 0 Å². The Hall–Kier alpha value is -2.90. The van der Waals surface area contributed by atoms with Crippen LogP contribution in [0.15, 0.2) is 34.0 Å². The van der Waals surface area contributed by atoms with Gasteiger partial charge < -0.3 is 15.3 Å². The number of aryl methyl sites for hydroxylation is 1. The quantitative estimate of drug-likeness (QED) is 0.580. The third-order valence-electron chi connectivity index (χ3n) is 3.00. The van der Waals surface area contributed by atoms with Gasteiger partial charge in [0.05, 0.1) is 29.5 Å². The number of rotatable bonds is 3. The molecule has 2 aromatic heterocycles. The van der Waals surface area contributed by atoms with E-state index in [0.717, 1.165) is 11.4 Å². The van der Waals surface area contributed by atoms with Gasteiger partial charge >= 0.3 is 11.1 Å². The molecule has 0 aliphatic carbocycles. The number of benzene rings is 1. The van der Waals surface area contributed by atoms with Crippen LogP contribution >= 0.6 is 0 Å². The van der Waals surface area contributed by atoms with E-state index in [1.807, 2.05) is 13.1 Å². The Morgan fingerprint density at radius 2 is 1.95 bits per heavy atom. The minimum atomic E-state index is -0.662. The molecule has 0 saturated heterocycles. The van der Waals surface area contributed by atoms with Crippen LogP contribution in [0.2, 0.25) is 0 Å². The van der Waals surface area contributed by atoms with Crippen molar-refractivity contribution in [2.75, 3.05) is 5.32 Å². The number of aromatic nitrogens is 5. The van der Waals surface area contributed by atoms with Crippen LogP contribution < -0.4 is 16.4 Å². The minimum Gasteiger partial charge on any atom is -0.379 e. The lowest BCUT2D eigenvalue weighted by atomic mass is 10.2. The highest BCUT2D eigenvalue weighted by molar-refractivity contribution is 5.78. The highest BCUT2D eigenvalue weighted by Crippen LogP contribution is 2.14. The average Bonchev–Trinajstić information content (AvgIpc) is 2.83. The maximum Gasteiger partial charge on any atom is 0.314 e. The molecule has 0 unspecified atom stereocenters. The molecule has 20 heavy (non-hydrogen) atoms. The molecule has 0 spiro atoms. The summed E-state index contributed by atoms with van der Waals surface area (Å²) in [5, 5.41) is 10.8. The van der Waals surface area contributed by atoms with Crippen molar-refractivity contribution in [3.05, 3.63) is 50.8 Å². The molecule has 0 atom stereocenters. The number of H-pyrrole nitrogens is 2. The van der Waals surface area contributed by atoms with Gasteiger partial charge in [0.25, 0.3) is 0 Å². The minimum absolute atomic E-state index is 0.558. The van der Waals surface area contributed by atoms with Crippen molar-refractivity contribution in [2.45, 2.75) is 6.54 Å². The van der Waals surface area contributed by atoms with Gasteiger partial charge in [0.15, 0.2) is 0 Å². The summed E-state index contributed by atoms with van der Waals surface area (Å²) in [4.78, 5) is 27.5. The molecule has 3 N–H and O–H groups in total. The first-order valence-electron chi connectivity index (χ1n) is 5.97. The van der Waals surface area contributed by atoms with Gasteiger partial charge in [0.2, 0.25) is 0 Å². The molecule has 1 aromatic carbocycles. The lowest BCUT2D eigenvalue weighted by Gasteiger charge is -2.07. The zero-order valence-corrected chi connectivity index (χ0v) is 10.7. The van der Waals surface area contributed by atoms with Crippen LogP contribution in [-0.2, 0) is 13.6 Å². The van der Waals surface area contributed by atoms with Gasteiger partial charge in [-0.15, -0.1) is 5.10 Å². The molecule has 0 bridgehead atoms. The summed E-state index contributed by atoms with van der Waals surface area (Å²) in [7, 11) is 1.81. The molecule has 0 aliphatic heterocycles. The Morgan fingerprint density at radius 1 is 1.20 bits per heavy atom. The standard InChI is InChI=1S/C12H12N6O2/c1-18-8(6-14-17-18)5-13-7-2-3-9-10(4-7)16-12(20)11(19)15-9/h2-4,6,13H,5H2,1H3,(H,15,19)(H,16,20). The Balaban J connectivity index is 1.89. The van der Waals surface area contributed by atoms with Crippen molar-refractivity contribution >= 4 is 16.7 Å². The van der Waals surface area contributed by atoms with E-state index in [0.29, 0.717) is 17.6 Å². The second kappa shape index (κ2) is 4.65. The predicted molar refractivity (Wildman–Crippen MR) is 73.5 cm³/mol. The summed E-state index contributed by atoms with van der Waals surface area (Å²) in [6.07, 6.45) is 1.67. The zero-order chi connectivity index (χ0) is 14.1. The molecule has 0 radical (unpaired) electrons. The highest BCUT2D eigenvalue weighted by Gasteiger charge is 2.02. The van der Waals surface area contributed by atoms with Crippen molar-refractivity contribution in [1.29, 1.82) is 0 Å². The van der Waals surface area contributed by atoms with Crippen LogP contribution in [0.25, 0.3) is 11.0 Å². The Kier molecular flexibility index (Phi) is 2.82. The van der Waals surface area contributed by atoms with Gasteiger partial charge in [-0.2, -0.15) is 0 Å². The molecule has 0 amide bonds. The molecule has 8 nitrogen and oxygen atoms in total. The monoisotopic (exact) mass is 272 g/mol. The fraction of sp³-hybridized carbons (Fsp3) is 0.167. The first kappa shape index (κ1) is 12.2. The largest absolute Gasteiger partial charge is 0.379 e. The zero-order valence-electron chi connectivity index (χ0n) is 10.7. The van der Waals surface area contributed by atoms with Crippen molar-refractivity contribution in [3.8, 4) is 0 Å². The van der Waals surface area contributed by atoms with Gasteiger partial charge in [0.1, 0.15) is 0 Å². The van der Waals surface area contributed by atoms with Gasteiger partial charge in [-0.3, -0.25) is 14.3 Å². The van der Waals surface area contributed by atoms with E-state index in [9.17, 15) is 9.59 Å². The average molecular weight is 272 g/mol. The smallest absolute Gasteiger partial charge is 0.314 e.